The zero-order valence-corrected chi connectivity index (χ0v) is 18.7. The Bertz CT molecular complexity index is 1230. The van der Waals surface area contributed by atoms with E-state index in [1.54, 1.807) is 30.3 Å². The first-order valence-corrected chi connectivity index (χ1v) is 10.4. The molecule has 0 bridgehead atoms. The van der Waals surface area contributed by atoms with Crippen molar-refractivity contribution in [3.05, 3.63) is 99.1 Å². The maximum Gasteiger partial charge on any atom is 0.416 e. The first-order valence-electron chi connectivity index (χ1n) is 9.59. The molecule has 0 saturated heterocycles. The number of hydrogen-bond acceptors (Lipinski definition) is 4. The summed E-state index contributed by atoms with van der Waals surface area (Å²) >= 11 is 11.3. The van der Waals surface area contributed by atoms with Crippen LogP contribution in [-0.4, -0.2) is 15.9 Å². The van der Waals surface area contributed by atoms with Gasteiger partial charge in [0.1, 0.15) is 6.04 Å². The van der Waals surface area contributed by atoms with Gasteiger partial charge in [0.2, 0.25) is 0 Å². The molecule has 0 radical (unpaired) electrons. The number of thiocarbonyl (C=S) groups is 1. The van der Waals surface area contributed by atoms with Crippen molar-refractivity contribution in [2.75, 3.05) is 10.6 Å². The molecule has 7 nitrogen and oxygen atoms in total. The number of carbonyl (C=O) groups is 1. The number of rotatable bonds is 6. The van der Waals surface area contributed by atoms with Crippen molar-refractivity contribution >= 4 is 51.9 Å². The first-order chi connectivity index (χ1) is 16.0. The van der Waals surface area contributed by atoms with E-state index in [1.165, 1.54) is 30.3 Å². The van der Waals surface area contributed by atoms with Gasteiger partial charge in [0.25, 0.3) is 11.6 Å². The molecule has 176 valence electrons. The van der Waals surface area contributed by atoms with Gasteiger partial charge < -0.3 is 16.0 Å². The molecule has 0 spiro atoms. The molecule has 34 heavy (non-hydrogen) atoms. The number of nitrogens with zero attached hydrogens (tertiary/aromatic N) is 1. The monoisotopic (exact) mass is 508 g/mol. The summed E-state index contributed by atoms with van der Waals surface area (Å²) in [5, 5.41) is 19.0. The highest BCUT2D eigenvalue weighted by atomic mass is 35.5. The standard InChI is InChI=1S/C22H16ClF3N4O3S/c23-17-10-9-16(30(32)33)12-18(17)28-21(34)29-19(13-5-2-1-3-6-13)20(31)27-15-8-4-7-14(11-15)22(24,25)26/h1-12,19H,(H,27,31)(H2,28,29,34). The molecular formula is C22H16ClF3N4O3S. The number of nitro benzene ring substituents is 1. The van der Waals surface area contributed by atoms with Crippen molar-refractivity contribution in [1.82, 2.24) is 5.32 Å². The van der Waals surface area contributed by atoms with Crippen molar-refractivity contribution < 1.29 is 22.9 Å². The fourth-order valence-corrected chi connectivity index (χ4v) is 3.34. The van der Waals surface area contributed by atoms with Crippen LogP contribution in [0.2, 0.25) is 5.02 Å². The maximum atomic E-state index is 13.0. The van der Waals surface area contributed by atoms with Gasteiger partial charge in [-0.05, 0) is 42.0 Å². The van der Waals surface area contributed by atoms with Crippen LogP contribution in [0.5, 0.6) is 0 Å². The van der Waals surface area contributed by atoms with E-state index in [2.05, 4.69) is 16.0 Å². The lowest BCUT2D eigenvalue weighted by Crippen LogP contribution is -2.39. The van der Waals surface area contributed by atoms with Crippen molar-refractivity contribution in [2.24, 2.45) is 0 Å². The molecule has 1 atom stereocenters. The van der Waals surface area contributed by atoms with Crippen LogP contribution in [0.1, 0.15) is 17.2 Å². The second kappa shape index (κ2) is 10.5. The molecule has 0 aliphatic carbocycles. The molecule has 0 heterocycles. The van der Waals surface area contributed by atoms with Gasteiger partial charge in [0, 0.05) is 17.8 Å². The van der Waals surface area contributed by atoms with Gasteiger partial charge in [0.15, 0.2) is 5.11 Å². The average molecular weight is 509 g/mol. The Balaban J connectivity index is 1.82. The van der Waals surface area contributed by atoms with Crippen molar-refractivity contribution in [1.29, 1.82) is 0 Å². The minimum absolute atomic E-state index is 0.0526. The third kappa shape index (κ3) is 6.42. The molecule has 0 aliphatic heterocycles. The number of amides is 1. The summed E-state index contributed by atoms with van der Waals surface area (Å²) < 4.78 is 39.0. The van der Waals surface area contributed by atoms with E-state index in [1.807, 2.05) is 0 Å². The Kier molecular flexibility index (Phi) is 7.69. The van der Waals surface area contributed by atoms with Crippen LogP contribution >= 0.6 is 23.8 Å². The minimum Gasteiger partial charge on any atom is -0.347 e. The highest BCUT2D eigenvalue weighted by Crippen LogP contribution is 2.31. The number of nitro groups is 1. The number of anilines is 2. The van der Waals surface area contributed by atoms with Gasteiger partial charge in [-0.15, -0.1) is 0 Å². The number of non-ortho nitro benzene ring substituents is 1. The van der Waals surface area contributed by atoms with Crippen LogP contribution in [-0.2, 0) is 11.0 Å². The minimum atomic E-state index is -4.57. The lowest BCUT2D eigenvalue weighted by Gasteiger charge is -2.21. The normalized spacial score (nSPS) is 11.9. The van der Waals surface area contributed by atoms with E-state index >= 15 is 0 Å². The molecule has 3 aromatic rings. The van der Waals surface area contributed by atoms with Gasteiger partial charge in [-0.2, -0.15) is 13.2 Å². The smallest absolute Gasteiger partial charge is 0.347 e. The van der Waals surface area contributed by atoms with E-state index in [-0.39, 0.29) is 27.2 Å². The van der Waals surface area contributed by atoms with Gasteiger partial charge >= 0.3 is 6.18 Å². The molecule has 0 aromatic heterocycles. The van der Waals surface area contributed by atoms with Crippen LogP contribution in [0.4, 0.5) is 30.2 Å². The average Bonchev–Trinajstić information content (AvgIpc) is 2.79. The first kappa shape index (κ1) is 24.9. The maximum absolute atomic E-state index is 13.0. The molecule has 0 fully saturated rings. The Morgan fingerprint density at radius 3 is 2.35 bits per heavy atom. The Morgan fingerprint density at radius 2 is 1.71 bits per heavy atom. The summed E-state index contributed by atoms with van der Waals surface area (Å²) in [6.45, 7) is 0. The SMILES string of the molecule is O=C(Nc1cccc(C(F)(F)F)c1)C(NC(=S)Nc1cc([N+](=O)[O-])ccc1Cl)c1ccccc1. The van der Waals surface area contributed by atoms with E-state index < -0.39 is 28.6 Å². The van der Waals surface area contributed by atoms with E-state index in [4.69, 9.17) is 23.8 Å². The highest BCUT2D eigenvalue weighted by molar-refractivity contribution is 7.80. The predicted octanol–water partition coefficient (Wildman–Crippen LogP) is 5.93. The Hall–Kier alpha value is -3.70. The quantitative estimate of drug-likeness (QED) is 0.217. The van der Waals surface area contributed by atoms with Crippen LogP contribution in [0.3, 0.4) is 0 Å². The fraction of sp³-hybridized carbons (Fsp3) is 0.0909. The molecule has 12 heteroatoms. The molecule has 3 aromatic carbocycles. The molecule has 1 unspecified atom stereocenters. The lowest BCUT2D eigenvalue weighted by atomic mass is 10.1. The second-order valence-electron chi connectivity index (χ2n) is 6.93. The second-order valence-corrected chi connectivity index (χ2v) is 7.75. The van der Waals surface area contributed by atoms with Crippen molar-refractivity contribution in [3.63, 3.8) is 0 Å². The zero-order chi connectivity index (χ0) is 24.9. The number of benzene rings is 3. The largest absolute Gasteiger partial charge is 0.416 e. The van der Waals surface area contributed by atoms with Crippen LogP contribution in [0.15, 0.2) is 72.8 Å². The zero-order valence-electron chi connectivity index (χ0n) is 17.1. The third-order valence-corrected chi connectivity index (χ3v) is 5.09. The van der Waals surface area contributed by atoms with Crippen molar-refractivity contribution in [3.8, 4) is 0 Å². The molecule has 0 saturated carbocycles. The Labute approximate surface area is 202 Å². The van der Waals surface area contributed by atoms with E-state index in [0.29, 0.717) is 5.56 Å². The summed E-state index contributed by atoms with van der Waals surface area (Å²) in [6, 6.07) is 15.2. The summed E-state index contributed by atoms with van der Waals surface area (Å²) in [4.78, 5) is 23.4. The molecule has 1 amide bonds. The Morgan fingerprint density at radius 1 is 1.00 bits per heavy atom. The summed E-state index contributed by atoms with van der Waals surface area (Å²) in [7, 11) is 0. The van der Waals surface area contributed by atoms with E-state index in [9.17, 15) is 28.1 Å². The summed E-state index contributed by atoms with van der Waals surface area (Å²) in [6.07, 6.45) is -4.57. The van der Waals surface area contributed by atoms with E-state index in [0.717, 1.165) is 12.1 Å². The number of hydrogen-bond donors (Lipinski definition) is 3. The summed E-state index contributed by atoms with van der Waals surface area (Å²) in [5.74, 6) is -0.681. The van der Waals surface area contributed by atoms with Gasteiger partial charge in [-0.1, -0.05) is 48.0 Å². The van der Waals surface area contributed by atoms with Gasteiger partial charge in [-0.3, -0.25) is 14.9 Å². The molecule has 3 rings (SSSR count). The van der Waals surface area contributed by atoms with Crippen molar-refractivity contribution in [2.45, 2.75) is 12.2 Å². The molecule has 0 aliphatic rings. The molecule has 3 N–H and O–H groups in total. The lowest BCUT2D eigenvalue weighted by molar-refractivity contribution is -0.384. The van der Waals surface area contributed by atoms with Gasteiger partial charge in [-0.25, -0.2) is 0 Å². The van der Waals surface area contributed by atoms with Crippen LogP contribution in [0.25, 0.3) is 0 Å². The topological polar surface area (TPSA) is 96.3 Å². The fourth-order valence-electron chi connectivity index (χ4n) is 2.95. The third-order valence-electron chi connectivity index (χ3n) is 4.54. The number of halogens is 4. The van der Waals surface area contributed by atoms with Crippen LogP contribution < -0.4 is 16.0 Å². The molecular weight excluding hydrogens is 493 g/mol. The summed E-state index contributed by atoms with van der Waals surface area (Å²) in [5.41, 5.74) is -0.577. The highest BCUT2D eigenvalue weighted by Gasteiger charge is 2.31. The number of alkyl halides is 3. The van der Waals surface area contributed by atoms with Gasteiger partial charge in [0.05, 0.1) is 21.2 Å². The predicted molar refractivity (Wildman–Crippen MR) is 127 cm³/mol. The number of nitrogens with one attached hydrogen (secondary N) is 3. The number of carbonyl (C=O) groups excluding carboxylic acids is 1. The van der Waals surface area contributed by atoms with Crippen LogP contribution in [0, 0.1) is 10.1 Å².